The molecule has 1 aliphatic heterocycles. The van der Waals surface area contributed by atoms with Gasteiger partial charge < -0.3 is 15.0 Å². The van der Waals surface area contributed by atoms with Crippen molar-refractivity contribution in [1.82, 2.24) is 24.9 Å². The second kappa shape index (κ2) is 11.0. The van der Waals surface area contributed by atoms with Crippen molar-refractivity contribution in [3.05, 3.63) is 47.5 Å². The van der Waals surface area contributed by atoms with Crippen LogP contribution in [0.5, 0.6) is 0 Å². The zero-order valence-corrected chi connectivity index (χ0v) is 18.1. The number of aromatic nitrogens is 2. The maximum Gasteiger partial charge on any atom is 0.257 e. The van der Waals surface area contributed by atoms with Gasteiger partial charge >= 0.3 is 0 Å². The van der Waals surface area contributed by atoms with E-state index in [1.165, 1.54) is 12.1 Å². The molecule has 2 amide bonds. The zero-order chi connectivity index (χ0) is 22.2. The number of rotatable bonds is 9. The van der Waals surface area contributed by atoms with Gasteiger partial charge in [0.25, 0.3) is 5.91 Å². The molecular weight excluding hydrogens is 401 g/mol. The van der Waals surface area contributed by atoms with Crippen LogP contribution in [0.1, 0.15) is 29.4 Å². The summed E-state index contributed by atoms with van der Waals surface area (Å²) in [6.07, 6.45) is 3.00. The van der Waals surface area contributed by atoms with Gasteiger partial charge in [-0.3, -0.25) is 14.5 Å². The van der Waals surface area contributed by atoms with Crippen molar-refractivity contribution >= 4 is 11.8 Å². The van der Waals surface area contributed by atoms with Crippen molar-refractivity contribution in [1.29, 1.82) is 0 Å². The number of nitrogens with one attached hydrogen (secondary N) is 1. The standard InChI is InChI=1S/C22H30FN5O3/c1-3-20-19(15-25-28(20)18-7-5-17(23)6-8-18)22(30)27-12-10-26(11-13-27)16-21(29)24-9-4-14-31-2/h5-8,15H,3-4,9-14,16H2,1-2H3,(H,24,29). The molecule has 1 aromatic heterocycles. The Bertz CT molecular complexity index is 876. The number of amides is 2. The van der Waals surface area contributed by atoms with Gasteiger partial charge in [-0.2, -0.15) is 5.10 Å². The summed E-state index contributed by atoms with van der Waals surface area (Å²) in [7, 11) is 1.64. The fourth-order valence-corrected chi connectivity index (χ4v) is 3.68. The molecule has 0 bridgehead atoms. The van der Waals surface area contributed by atoms with E-state index < -0.39 is 0 Å². The summed E-state index contributed by atoms with van der Waals surface area (Å²) in [5.41, 5.74) is 2.09. The Kier molecular flexibility index (Phi) is 8.13. The maximum atomic E-state index is 13.2. The Balaban J connectivity index is 1.56. The number of hydrogen-bond donors (Lipinski definition) is 1. The Morgan fingerprint density at radius 2 is 1.87 bits per heavy atom. The minimum atomic E-state index is -0.313. The molecule has 1 N–H and O–H groups in total. The van der Waals surface area contributed by atoms with Gasteiger partial charge in [0.05, 0.1) is 29.7 Å². The predicted octanol–water partition coefficient (Wildman–Crippen LogP) is 1.48. The van der Waals surface area contributed by atoms with Crippen molar-refractivity contribution in [3.63, 3.8) is 0 Å². The average Bonchev–Trinajstić information content (AvgIpc) is 3.21. The van der Waals surface area contributed by atoms with Crippen LogP contribution >= 0.6 is 0 Å². The van der Waals surface area contributed by atoms with E-state index in [-0.39, 0.29) is 17.6 Å². The molecule has 0 aliphatic carbocycles. The van der Waals surface area contributed by atoms with Crippen molar-refractivity contribution < 1.29 is 18.7 Å². The second-order valence-electron chi connectivity index (χ2n) is 7.51. The first-order valence-corrected chi connectivity index (χ1v) is 10.6. The number of benzene rings is 1. The largest absolute Gasteiger partial charge is 0.385 e. The molecule has 0 atom stereocenters. The molecule has 1 saturated heterocycles. The number of piperazine rings is 1. The highest BCUT2D eigenvalue weighted by Crippen LogP contribution is 2.19. The summed E-state index contributed by atoms with van der Waals surface area (Å²) in [4.78, 5) is 29.0. The molecule has 0 saturated carbocycles. The first-order chi connectivity index (χ1) is 15.0. The van der Waals surface area contributed by atoms with E-state index in [2.05, 4.69) is 15.3 Å². The molecule has 0 radical (unpaired) electrons. The summed E-state index contributed by atoms with van der Waals surface area (Å²) in [5.74, 6) is -0.384. The lowest BCUT2D eigenvalue weighted by molar-refractivity contribution is -0.122. The number of hydrogen-bond acceptors (Lipinski definition) is 5. The number of halogens is 1. The van der Waals surface area contributed by atoms with Gasteiger partial charge in [-0.15, -0.1) is 0 Å². The van der Waals surface area contributed by atoms with Crippen LogP contribution in [0.3, 0.4) is 0 Å². The molecule has 2 aromatic rings. The van der Waals surface area contributed by atoms with Crippen LogP contribution in [0.2, 0.25) is 0 Å². The van der Waals surface area contributed by atoms with E-state index in [0.717, 1.165) is 17.8 Å². The molecule has 0 spiro atoms. The average molecular weight is 432 g/mol. The van der Waals surface area contributed by atoms with Crippen LogP contribution in [-0.4, -0.2) is 84.4 Å². The van der Waals surface area contributed by atoms with E-state index in [0.29, 0.717) is 57.9 Å². The zero-order valence-electron chi connectivity index (χ0n) is 18.1. The van der Waals surface area contributed by atoms with Crippen LogP contribution in [-0.2, 0) is 16.0 Å². The number of nitrogens with zero attached hydrogens (tertiary/aromatic N) is 4. The molecule has 3 rings (SSSR count). The Labute approximate surface area is 182 Å². The highest BCUT2D eigenvalue weighted by atomic mass is 19.1. The first kappa shape index (κ1) is 22.9. The summed E-state index contributed by atoms with van der Waals surface area (Å²) in [5, 5.41) is 7.26. The summed E-state index contributed by atoms with van der Waals surface area (Å²) in [6.45, 7) is 5.92. The van der Waals surface area contributed by atoms with E-state index in [4.69, 9.17) is 4.74 Å². The van der Waals surface area contributed by atoms with Gasteiger partial charge in [0, 0.05) is 46.4 Å². The minimum Gasteiger partial charge on any atom is -0.385 e. The fourth-order valence-electron chi connectivity index (χ4n) is 3.68. The molecule has 168 valence electrons. The third-order valence-corrected chi connectivity index (χ3v) is 5.38. The van der Waals surface area contributed by atoms with E-state index in [1.54, 1.807) is 35.0 Å². The smallest absolute Gasteiger partial charge is 0.257 e. The molecule has 1 aromatic carbocycles. The Morgan fingerprint density at radius 1 is 1.16 bits per heavy atom. The van der Waals surface area contributed by atoms with Crippen LogP contribution in [0.25, 0.3) is 5.69 Å². The van der Waals surface area contributed by atoms with Crippen LogP contribution < -0.4 is 5.32 Å². The molecule has 2 heterocycles. The molecular formula is C22H30FN5O3. The Hall–Kier alpha value is -2.78. The first-order valence-electron chi connectivity index (χ1n) is 10.6. The lowest BCUT2D eigenvalue weighted by Gasteiger charge is -2.34. The highest BCUT2D eigenvalue weighted by Gasteiger charge is 2.26. The third kappa shape index (κ3) is 5.89. The van der Waals surface area contributed by atoms with Gasteiger partial charge in [-0.1, -0.05) is 6.92 Å². The van der Waals surface area contributed by atoms with E-state index >= 15 is 0 Å². The number of carbonyl (C=O) groups is 2. The van der Waals surface area contributed by atoms with Gasteiger partial charge in [-0.25, -0.2) is 9.07 Å². The van der Waals surface area contributed by atoms with Crippen molar-refractivity contribution in [3.8, 4) is 5.69 Å². The van der Waals surface area contributed by atoms with Crippen molar-refractivity contribution in [2.45, 2.75) is 19.8 Å². The topological polar surface area (TPSA) is 79.7 Å². The summed E-state index contributed by atoms with van der Waals surface area (Å²) < 4.78 is 19.9. The molecule has 0 unspecified atom stereocenters. The molecule has 9 heteroatoms. The number of ether oxygens (including phenoxy) is 1. The Morgan fingerprint density at radius 3 is 2.52 bits per heavy atom. The lowest BCUT2D eigenvalue weighted by Crippen LogP contribution is -2.51. The van der Waals surface area contributed by atoms with Crippen LogP contribution in [0.15, 0.2) is 30.5 Å². The third-order valence-electron chi connectivity index (χ3n) is 5.38. The quantitative estimate of drug-likeness (QED) is 0.609. The molecule has 8 nitrogen and oxygen atoms in total. The molecule has 1 aliphatic rings. The lowest BCUT2D eigenvalue weighted by atomic mass is 10.1. The van der Waals surface area contributed by atoms with Crippen molar-refractivity contribution in [2.24, 2.45) is 0 Å². The monoisotopic (exact) mass is 431 g/mol. The predicted molar refractivity (Wildman–Crippen MR) is 115 cm³/mol. The summed E-state index contributed by atoms with van der Waals surface area (Å²) in [6, 6.07) is 6.06. The maximum absolute atomic E-state index is 13.2. The molecule has 31 heavy (non-hydrogen) atoms. The summed E-state index contributed by atoms with van der Waals surface area (Å²) >= 11 is 0. The van der Waals surface area contributed by atoms with E-state index in [1.807, 2.05) is 6.92 Å². The highest BCUT2D eigenvalue weighted by molar-refractivity contribution is 5.95. The van der Waals surface area contributed by atoms with Gasteiger partial charge in [0.2, 0.25) is 5.91 Å². The van der Waals surface area contributed by atoms with Gasteiger partial charge in [0.1, 0.15) is 5.82 Å². The van der Waals surface area contributed by atoms with Crippen LogP contribution in [0.4, 0.5) is 4.39 Å². The molecule has 1 fully saturated rings. The van der Waals surface area contributed by atoms with Gasteiger partial charge in [-0.05, 0) is 37.1 Å². The SMILES string of the molecule is CCc1c(C(=O)N2CCN(CC(=O)NCCCOC)CC2)cnn1-c1ccc(F)cc1. The minimum absolute atomic E-state index is 0.00952. The normalized spacial score (nSPS) is 14.6. The fraction of sp³-hybridized carbons (Fsp3) is 0.500. The number of methoxy groups -OCH3 is 1. The second-order valence-corrected chi connectivity index (χ2v) is 7.51. The number of carbonyl (C=O) groups excluding carboxylic acids is 2. The van der Waals surface area contributed by atoms with Crippen LogP contribution in [0, 0.1) is 5.82 Å². The van der Waals surface area contributed by atoms with E-state index in [9.17, 15) is 14.0 Å². The van der Waals surface area contributed by atoms with Gasteiger partial charge in [0.15, 0.2) is 0 Å². The van der Waals surface area contributed by atoms with Crippen molar-refractivity contribution in [2.75, 3.05) is 53.0 Å².